The normalized spacial score (nSPS) is 12.5. The van der Waals surface area contributed by atoms with Gasteiger partial charge in [0.1, 0.15) is 5.56 Å². The summed E-state index contributed by atoms with van der Waals surface area (Å²) in [4.78, 5) is 27.7. The quantitative estimate of drug-likeness (QED) is 0.733. The molecular weight excluding hydrogens is 292 g/mol. The van der Waals surface area contributed by atoms with Crippen LogP contribution in [0, 0.1) is 11.8 Å². The zero-order valence-corrected chi connectivity index (χ0v) is 13.6. The molecule has 0 fully saturated rings. The third kappa shape index (κ3) is 4.42. The molecule has 0 aliphatic rings. The Morgan fingerprint density at radius 3 is 2.74 bits per heavy atom. The Kier molecular flexibility index (Phi) is 5.93. The second kappa shape index (κ2) is 7.92. The molecule has 0 saturated heterocycles. The Morgan fingerprint density at radius 2 is 2.04 bits per heavy atom. The molecule has 1 aromatic heterocycles. The van der Waals surface area contributed by atoms with Crippen molar-refractivity contribution in [3.8, 4) is 0 Å². The van der Waals surface area contributed by atoms with E-state index in [2.05, 4.69) is 24.1 Å². The lowest BCUT2D eigenvalue weighted by Gasteiger charge is -2.18. The number of carbonyl (C=O) groups excluding carboxylic acids is 1. The number of pyridine rings is 1. The Labute approximate surface area is 135 Å². The molecule has 2 rings (SSSR count). The molecule has 0 radical (unpaired) electrons. The minimum atomic E-state index is -0.372. The highest BCUT2D eigenvalue weighted by atomic mass is 16.3. The number of rotatable bonds is 7. The van der Waals surface area contributed by atoms with Crippen LogP contribution in [0.4, 0.5) is 0 Å². The van der Waals surface area contributed by atoms with Gasteiger partial charge in [0, 0.05) is 30.3 Å². The Hall–Kier alpha value is -2.14. The maximum atomic E-state index is 12.4. The smallest absolute Gasteiger partial charge is 0.256 e. The predicted molar refractivity (Wildman–Crippen MR) is 91.5 cm³/mol. The summed E-state index contributed by atoms with van der Waals surface area (Å²) in [5.74, 6) is 0.333. The van der Waals surface area contributed by atoms with Gasteiger partial charge in [-0.2, -0.15) is 0 Å². The molecule has 0 saturated carbocycles. The number of nitrogens with one attached hydrogen (secondary N) is 2. The molecule has 23 heavy (non-hydrogen) atoms. The number of benzene rings is 1. The molecule has 0 spiro atoms. The van der Waals surface area contributed by atoms with E-state index in [1.165, 1.54) is 6.20 Å². The first kappa shape index (κ1) is 17.2. The number of aliphatic hydroxyl groups is 1. The topological polar surface area (TPSA) is 82.2 Å². The molecule has 0 aliphatic heterocycles. The minimum absolute atomic E-state index is 0.101. The van der Waals surface area contributed by atoms with Crippen LogP contribution in [0.25, 0.3) is 10.9 Å². The summed E-state index contributed by atoms with van der Waals surface area (Å²) in [7, 11) is 0. The van der Waals surface area contributed by atoms with Crippen LogP contribution in [-0.2, 0) is 0 Å². The van der Waals surface area contributed by atoms with Crippen molar-refractivity contribution in [3.05, 3.63) is 46.2 Å². The molecule has 1 aromatic carbocycles. The van der Waals surface area contributed by atoms with Crippen LogP contribution in [0.2, 0.25) is 0 Å². The van der Waals surface area contributed by atoms with E-state index in [1.54, 1.807) is 18.2 Å². The number of para-hydroxylation sites is 1. The van der Waals surface area contributed by atoms with Crippen LogP contribution >= 0.6 is 0 Å². The number of hydrogen-bond acceptors (Lipinski definition) is 3. The van der Waals surface area contributed by atoms with Crippen LogP contribution in [0.1, 0.15) is 37.0 Å². The third-order valence-corrected chi connectivity index (χ3v) is 3.93. The summed E-state index contributed by atoms with van der Waals surface area (Å²) in [5.41, 5.74) is 0.572. The van der Waals surface area contributed by atoms with Gasteiger partial charge in [-0.1, -0.05) is 26.0 Å². The molecule has 0 aliphatic carbocycles. The maximum absolute atomic E-state index is 12.4. The fourth-order valence-corrected chi connectivity index (χ4v) is 2.82. The van der Waals surface area contributed by atoms with Gasteiger partial charge in [-0.05, 0) is 36.8 Å². The van der Waals surface area contributed by atoms with Gasteiger partial charge in [0.05, 0.1) is 0 Å². The van der Waals surface area contributed by atoms with Crippen molar-refractivity contribution in [2.45, 2.75) is 26.7 Å². The van der Waals surface area contributed by atoms with E-state index in [4.69, 9.17) is 5.11 Å². The van der Waals surface area contributed by atoms with Crippen LogP contribution in [0.15, 0.2) is 35.3 Å². The molecule has 1 amide bonds. The summed E-state index contributed by atoms with van der Waals surface area (Å²) >= 11 is 0. The first-order chi connectivity index (χ1) is 11.0. The monoisotopic (exact) mass is 316 g/mol. The summed E-state index contributed by atoms with van der Waals surface area (Å²) in [6.07, 6.45) is 3.03. The molecule has 1 heterocycles. The highest BCUT2D eigenvalue weighted by Crippen LogP contribution is 2.14. The Bertz CT molecular complexity index is 722. The lowest BCUT2D eigenvalue weighted by Crippen LogP contribution is -2.33. The van der Waals surface area contributed by atoms with Crippen LogP contribution in [0.3, 0.4) is 0 Å². The number of amides is 1. The second-order valence-electron chi connectivity index (χ2n) is 6.29. The molecule has 5 nitrogen and oxygen atoms in total. The van der Waals surface area contributed by atoms with Crippen molar-refractivity contribution in [1.29, 1.82) is 0 Å². The van der Waals surface area contributed by atoms with E-state index in [0.29, 0.717) is 29.8 Å². The number of carbonyl (C=O) groups is 1. The molecule has 2 aromatic rings. The molecular formula is C18H24N2O3. The summed E-state index contributed by atoms with van der Waals surface area (Å²) < 4.78 is 0. The molecule has 5 heteroatoms. The zero-order chi connectivity index (χ0) is 16.8. The van der Waals surface area contributed by atoms with Gasteiger partial charge in [0.25, 0.3) is 5.91 Å². The first-order valence-electron chi connectivity index (χ1n) is 8.02. The fraction of sp³-hybridized carbons (Fsp3) is 0.444. The van der Waals surface area contributed by atoms with Crippen molar-refractivity contribution in [3.63, 3.8) is 0 Å². The molecule has 1 atom stereocenters. The summed E-state index contributed by atoms with van der Waals surface area (Å²) in [5, 5.41) is 12.5. The first-order valence-corrected chi connectivity index (χ1v) is 8.02. The van der Waals surface area contributed by atoms with Gasteiger partial charge in [-0.25, -0.2) is 0 Å². The van der Waals surface area contributed by atoms with Gasteiger partial charge >= 0.3 is 0 Å². The lowest BCUT2D eigenvalue weighted by atomic mass is 9.94. The van der Waals surface area contributed by atoms with E-state index in [1.807, 2.05) is 6.07 Å². The van der Waals surface area contributed by atoms with E-state index in [9.17, 15) is 9.59 Å². The van der Waals surface area contributed by atoms with E-state index >= 15 is 0 Å². The molecule has 124 valence electrons. The van der Waals surface area contributed by atoms with Crippen molar-refractivity contribution in [2.75, 3.05) is 13.2 Å². The van der Waals surface area contributed by atoms with E-state index in [0.717, 1.165) is 6.42 Å². The van der Waals surface area contributed by atoms with Crippen molar-refractivity contribution >= 4 is 16.8 Å². The van der Waals surface area contributed by atoms with Gasteiger partial charge in [0.15, 0.2) is 0 Å². The number of aromatic amines is 1. The average Bonchev–Trinajstić information content (AvgIpc) is 2.52. The van der Waals surface area contributed by atoms with Gasteiger partial charge in [-0.3, -0.25) is 9.59 Å². The largest absolute Gasteiger partial charge is 0.396 e. The number of aromatic nitrogens is 1. The number of hydrogen-bond donors (Lipinski definition) is 3. The Morgan fingerprint density at radius 1 is 1.30 bits per heavy atom. The fourth-order valence-electron chi connectivity index (χ4n) is 2.82. The molecule has 3 N–H and O–H groups in total. The minimum Gasteiger partial charge on any atom is -0.396 e. The lowest BCUT2D eigenvalue weighted by molar-refractivity contribution is 0.0940. The summed E-state index contributed by atoms with van der Waals surface area (Å²) in [6, 6.07) is 7.12. The highest BCUT2D eigenvalue weighted by molar-refractivity contribution is 5.97. The highest BCUT2D eigenvalue weighted by Gasteiger charge is 2.16. The number of fused-ring (bicyclic) bond motifs is 1. The van der Waals surface area contributed by atoms with Gasteiger partial charge in [-0.15, -0.1) is 0 Å². The van der Waals surface area contributed by atoms with Crippen molar-refractivity contribution in [2.24, 2.45) is 11.8 Å². The van der Waals surface area contributed by atoms with Gasteiger partial charge < -0.3 is 15.4 Å². The maximum Gasteiger partial charge on any atom is 0.256 e. The Balaban J connectivity index is 2.11. The standard InChI is InChI=1S/C18H24N2O3/c1-12(2)9-13(7-8-21)10-20-18(23)15-11-19-16-6-4-3-5-14(16)17(15)22/h3-6,11-13,21H,7-10H2,1-2H3,(H,19,22)(H,20,23). The van der Waals surface area contributed by atoms with Gasteiger partial charge in [0.2, 0.25) is 5.43 Å². The molecule has 0 bridgehead atoms. The summed E-state index contributed by atoms with van der Waals surface area (Å²) in [6.45, 7) is 4.79. The molecule has 1 unspecified atom stereocenters. The van der Waals surface area contributed by atoms with Crippen LogP contribution in [0.5, 0.6) is 0 Å². The van der Waals surface area contributed by atoms with Crippen molar-refractivity contribution in [1.82, 2.24) is 10.3 Å². The van der Waals surface area contributed by atoms with Crippen LogP contribution in [-0.4, -0.2) is 29.1 Å². The SMILES string of the molecule is CC(C)CC(CCO)CNC(=O)c1c[nH]c2ccccc2c1=O. The van der Waals surface area contributed by atoms with E-state index in [-0.39, 0.29) is 29.4 Å². The number of aliphatic hydroxyl groups excluding tert-OH is 1. The van der Waals surface area contributed by atoms with Crippen LogP contribution < -0.4 is 10.7 Å². The van der Waals surface area contributed by atoms with E-state index < -0.39 is 0 Å². The second-order valence-corrected chi connectivity index (χ2v) is 6.29. The predicted octanol–water partition coefficient (Wildman–Crippen LogP) is 2.30. The average molecular weight is 316 g/mol. The number of H-pyrrole nitrogens is 1. The zero-order valence-electron chi connectivity index (χ0n) is 13.6. The van der Waals surface area contributed by atoms with Crippen molar-refractivity contribution < 1.29 is 9.90 Å². The third-order valence-electron chi connectivity index (χ3n) is 3.93.